The smallest absolute Gasteiger partial charge is 0.309 e. The Balaban J connectivity index is 1.86. The molecular weight excluding hydrogens is 322 g/mol. The largest absolute Gasteiger partial charge is 0.466 e. The van der Waals surface area contributed by atoms with E-state index in [0.717, 1.165) is 0 Å². The van der Waals surface area contributed by atoms with Gasteiger partial charge >= 0.3 is 5.97 Å². The maximum absolute atomic E-state index is 12.4. The van der Waals surface area contributed by atoms with Crippen LogP contribution in [0, 0.1) is 5.92 Å². The Morgan fingerprint density at radius 2 is 1.84 bits per heavy atom. The van der Waals surface area contributed by atoms with Crippen LogP contribution in [0.1, 0.15) is 37.0 Å². The summed E-state index contributed by atoms with van der Waals surface area (Å²) in [5, 5.41) is 2.84. The van der Waals surface area contributed by atoms with Crippen LogP contribution in [0.5, 0.6) is 0 Å². The lowest BCUT2D eigenvalue weighted by Crippen LogP contribution is -2.47. The molecule has 0 aliphatic carbocycles. The Morgan fingerprint density at radius 3 is 2.36 bits per heavy atom. The average Bonchev–Trinajstić information content (AvgIpc) is 2.61. The molecule has 1 fully saturated rings. The van der Waals surface area contributed by atoms with Gasteiger partial charge in [0, 0.05) is 11.3 Å². The molecule has 1 unspecified atom stereocenters. The van der Waals surface area contributed by atoms with Crippen molar-refractivity contribution in [3.05, 3.63) is 29.8 Å². The maximum Gasteiger partial charge on any atom is 0.309 e. The molecule has 1 heterocycles. The molecule has 0 bridgehead atoms. The van der Waals surface area contributed by atoms with Crippen molar-refractivity contribution in [2.24, 2.45) is 11.7 Å². The van der Waals surface area contributed by atoms with Crippen molar-refractivity contribution in [1.82, 2.24) is 4.90 Å². The number of nitrogens with two attached hydrogens (primary N) is 1. The fraction of sp³-hybridized carbons (Fsp3) is 0.500. The molecule has 7 heteroatoms. The highest BCUT2D eigenvalue weighted by Crippen LogP contribution is 2.21. The predicted octanol–water partition coefficient (Wildman–Crippen LogP) is 1.39. The van der Waals surface area contributed by atoms with Crippen LogP contribution >= 0.6 is 0 Å². The highest BCUT2D eigenvalue weighted by Gasteiger charge is 2.30. The number of likely N-dealkylation sites (tertiary alicyclic amines) is 1. The summed E-state index contributed by atoms with van der Waals surface area (Å²) in [6.45, 7) is 5.40. The molecule has 1 atom stereocenters. The summed E-state index contributed by atoms with van der Waals surface area (Å²) in [7, 11) is 0. The fourth-order valence-electron chi connectivity index (χ4n) is 2.91. The van der Waals surface area contributed by atoms with Gasteiger partial charge in [0.15, 0.2) is 0 Å². The second-order valence-corrected chi connectivity index (χ2v) is 6.17. The zero-order valence-electron chi connectivity index (χ0n) is 14.7. The second-order valence-electron chi connectivity index (χ2n) is 6.17. The lowest BCUT2D eigenvalue weighted by atomic mass is 9.96. The summed E-state index contributed by atoms with van der Waals surface area (Å²) in [4.78, 5) is 37.3. The first-order valence-corrected chi connectivity index (χ1v) is 8.53. The fourth-order valence-corrected chi connectivity index (χ4v) is 2.91. The molecule has 1 saturated heterocycles. The van der Waals surface area contributed by atoms with E-state index in [1.54, 1.807) is 31.2 Å². The van der Waals surface area contributed by atoms with E-state index in [4.69, 9.17) is 10.5 Å². The SMILES string of the molecule is CCOC(=O)C1CCN(C(C)C(=O)Nc2ccc(C(N)=O)cc2)CC1. The van der Waals surface area contributed by atoms with E-state index in [1.807, 2.05) is 6.92 Å². The van der Waals surface area contributed by atoms with Gasteiger partial charge in [0.25, 0.3) is 0 Å². The third-order valence-corrected chi connectivity index (χ3v) is 4.51. The van der Waals surface area contributed by atoms with Crippen molar-refractivity contribution >= 4 is 23.5 Å². The molecule has 0 aromatic heterocycles. The number of primary amides is 1. The molecule has 2 rings (SSSR count). The molecule has 1 aliphatic heterocycles. The summed E-state index contributed by atoms with van der Waals surface area (Å²) in [6, 6.07) is 6.15. The number of anilines is 1. The van der Waals surface area contributed by atoms with Gasteiger partial charge in [0.1, 0.15) is 0 Å². The molecule has 0 saturated carbocycles. The first-order chi connectivity index (χ1) is 11.9. The molecule has 25 heavy (non-hydrogen) atoms. The van der Waals surface area contributed by atoms with Crippen molar-refractivity contribution < 1.29 is 19.1 Å². The molecule has 3 N–H and O–H groups in total. The number of hydrogen-bond donors (Lipinski definition) is 2. The Bertz CT molecular complexity index is 622. The van der Waals surface area contributed by atoms with Crippen molar-refractivity contribution in [2.45, 2.75) is 32.7 Å². The number of hydrogen-bond acceptors (Lipinski definition) is 5. The first kappa shape index (κ1) is 18.9. The summed E-state index contributed by atoms with van der Waals surface area (Å²) in [6.07, 6.45) is 1.40. The van der Waals surface area contributed by atoms with E-state index in [9.17, 15) is 14.4 Å². The van der Waals surface area contributed by atoms with Gasteiger partial charge in [0.05, 0.1) is 18.6 Å². The van der Waals surface area contributed by atoms with Crippen LogP contribution in [0.4, 0.5) is 5.69 Å². The van der Waals surface area contributed by atoms with E-state index in [1.165, 1.54) is 0 Å². The zero-order valence-corrected chi connectivity index (χ0v) is 14.7. The van der Waals surface area contributed by atoms with Gasteiger partial charge < -0.3 is 15.8 Å². The summed E-state index contributed by atoms with van der Waals surface area (Å²) in [5.74, 6) is -0.848. The lowest BCUT2D eigenvalue weighted by molar-refractivity contribution is -0.149. The quantitative estimate of drug-likeness (QED) is 0.757. The number of carbonyl (C=O) groups is 3. The van der Waals surface area contributed by atoms with Crippen molar-refractivity contribution in [1.29, 1.82) is 0 Å². The Labute approximate surface area is 147 Å². The van der Waals surface area contributed by atoms with Crippen LogP contribution < -0.4 is 11.1 Å². The van der Waals surface area contributed by atoms with E-state index in [0.29, 0.717) is 43.8 Å². The van der Waals surface area contributed by atoms with Gasteiger partial charge in [-0.3, -0.25) is 19.3 Å². The second kappa shape index (κ2) is 8.62. The van der Waals surface area contributed by atoms with Gasteiger partial charge in [-0.25, -0.2) is 0 Å². The van der Waals surface area contributed by atoms with Crippen molar-refractivity contribution in [3.8, 4) is 0 Å². The minimum Gasteiger partial charge on any atom is -0.466 e. The number of carbonyl (C=O) groups excluding carboxylic acids is 3. The number of nitrogens with one attached hydrogen (secondary N) is 1. The molecule has 136 valence electrons. The molecule has 1 aromatic rings. The Morgan fingerprint density at radius 1 is 1.24 bits per heavy atom. The van der Waals surface area contributed by atoms with Gasteiger partial charge in [0.2, 0.25) is 11.8 Å². The topological polar surface area (TPSA) is 102 Å². The summed E-state index contributed by atoms with van der Waals surface area (Å²) in [5.41, 5.74) is 6.21. The van der Waals surface area contributed by atoms with E-state index in [-0.39, 0.29) is 23.8 Å². The number of esters is 1. The number of piperidine rings is 1. The van der Waals surface area contributed by atoms with Crippen LogP contribution in [-0.4, -0.2) is 48.4 Å². The molecular formula is C18H25N3O4. The van der Waals surface area contributed by atoms with E-state index >= 15 is 0 Å². The van der Waals surface area contributed by atoms with Crippen LogP contribution in [0.15, 0.2) is 24.3 Å². The van der Waals surface area contributed by atoms with Gasteiger partial charge in [-0.05, 0) is 64.0 Å². The molecule has 2 amide bonds. The van der Waals surface area contributed by atoms with Crippen LogP contribution in [0.2, 0.25) is 0 Å². The number of amides is 2. The third kappa shape index (κ3) is 5.03. The van der Waals surface area contributed by atoms with Crippen LogP contribution in [-0.2, 0) is 14.3 Å². The number of benzene rings is 1. The first-order valence-electron chi connectivity index (χ1n) is 8.53. The van der Waals surface area contributed by atoms with Gasteiger partial charge in [-0.2, -0.15) is 0 Å². The Kier molecular flexibility index (Phi) is 6.52. The zero-order chi connectivity index (χ0) is 18.4. The summed E-state index contributed by atoms with van der Waals surface area (Å²) >= 11 is 0. The highest BCUT2D eigenvalue weighted by atomic mass is 16.5. The van der Waals surface area contributed by atoms with Crippen molar-refractivity contribution in [2.75, 3.05) is 25.0 Å². The number of rotatable bonds is 6. The number of ether oxygens (including phenoxy) is 1. The monoisotopic (exact) mass is 347 g/mol. The molecule has 0 radical (unpaired) electrons. The van der Waals surface area contributed by atoms with Gasteiger partial charge in [-0.1, -0.05) is 0 Å². The molecule has 0 spiro atoms. The Hall–Kier alpha value is -2.41. The van der Waals surface area contributed by atoms with E-state index < -0.39 is 5.91 Å². The van der Waals surface area contributed by atoms with Crippen LogP contribution in [0.3, 0.4) is 0 Å². The third-order valence-electron chi connectivity index (χ3n) is 4.51. The number of nitrogens with zero attached hydrogens (tertiary/aromatic N) is 1. The molecule has 1 aliphatic rings. The average molecular weight is 347 g/mol. The minimum atomic E-state index is -0.504. The van der Waals surface area contributed by atoms with Crippen molar-refractivity contribution in [3.63, 3.8) is 0 Å². The van der Waals surface area contributed by atoms with Crippen LogP contribution in [0.25, 0.3) is 0 Å². The van der Waals surface area contributed by atoms with E-state index in [2.05, 4.69) is 10.2 Å². The molecule has 7 nitrogen and oxygen atoms in total. The highest BCUT2D eigenvalue weighted by molar-refractivity contribution is 5.96. The minimum absolute atomic E-state index is 0.0761. The standard InChI is InChI=1S/C18H25N3O4/c1-3-25-18(24)14-8-10-21(11-9-14)12(2)17(23)20-15-6-4-13(5-7-15)16(19)22/h4-7,12,14H,3,8-11H2,1-2H3,(H2,19,22)(H,20,23). The maximum atomic E-state index is 12.4. The predicted molar refractivity (Wildman–Crippen MR) is 94.0 cm³/mol. The molecule has 1 aromatic carbocycles. The lowest BCUT2D eigenvalue weighted by Gasteiger charge is -2.34. The summed E-state index contributed by atoms with van der Waals surface area (Å²) < 4.78 is 5.06. The normalized spacial score (nSPS) is 16.9. The van der Waals surface area contributed by atoms with Gasteiger partial charge in [-0.15, -0.1) is 0 Å².